The number of Topliss-reactive ketones (excluding diaryl/α,β-unsaturated/α-hetero) is 3. The largest absolute Gasteiger partial charge is 0.507 e. The van der Waals surface area contributed by atoms with Crippen LogP contribution in [-0.2, 0) is 37.5 Å². The molecule has 0 spiro atoms. The summed E-state index contributed by atoms with van der Waals surface area (Å²) in [5.41, 5.74) is -9.38. The van der Waals surface area contributed by atoms with Crippen molar-refractivity contribution in [2.75, 3.05) is 21.3 Å². The third kappa shape index (κ3) is 5.88. The van der Waals surface area contributed by atoms with E-state index in [-0.39, 0.29) is 41.3 Å². The number of rotatable bonds is 8. The number of pyridine rings is 1. The number of benzene rings is 2. The molecule has 3 aliphatic carbocycles. The van der Waals surface area contributed by atoms with Crippen LogP contribution in [0.1, 0.15) is 81.0 Å². The topological polar surface area (TPSA) is 260 Å². The van der Waals surface area contributed by atoms with Crippen LogP contribution in [0.2, 0.25) is 0 Å². The first-order chi connectivity index (χ1) is 26.6. The monoisotopic (exact) mass is 809 g/mol. The van der Waals surface area contributed by atoms with E-state index in [1.807, 2.05) is 0 Å². The predicted octanol–water partition coefficient (Wildman–Crippen LogP) is 0.710. The van der Waals surface area contributed by atoms with Gasteiger partial charge in [-0.05, 0) is 42.7 Å². The molecule has 1 fully saturated rings. The molecule has 0 radical (unpaired) electrons. The normalized spacial score (nSPS) is 28.9. The fourth-order valence-electron chi connectivity index (χ4n) is 8.55. The van der Waals surface area contributed by atoms with E-state index in [9.17, 15) is 49.5 Å². The maximum absolute atomic E-state index is 14.8. The Labute approximate surface area is 331 Å². The Kier molecular flexibility index (Phi) is 10.9. The fourth-order valence-corrected chi connectivity index (χ4v) is 8.55. The fraction of sp³-hybridized carbons (Fsp3) is 0.385. The molecule has 1 aliphatic heterocycles. The number of carbonyl (C=O) groups is 5. The van der Waals surface area contributed by atoms with Crippen molar-refractivity contribution >= 4 is 41.4 Å². The van der Waals surface area contributed by atoms with Crippen LogP contribution in [0.4, 0.5) is 0 Å². The van der Waals surface area contributed by atoms with E-state index in [4.69, 9.17) is 18.9 Å². The third-order valence-corrected chi connectivity index (χ3v) is 11.2. The zero-order valence-corrected chi connectivity index (χ0v) is 32.0. The summed E-state index contributed by atoms with van der Waals surface area (Å²) in [4.78, 5) is 74.7. The number of phenols is 2. The smallest absolute Gasteiger partial charge is 0.255 e. The number of allylic oxidation sites excluding steroid dienone is 2. The zero-order chi connectivity index (χ0) is 40.6. The first-order valence-electron chi connectivity index (χ1n) is 17.5. The number of aromatic nitrogens is 1. The van der Waals surface area contributed by atoms with Crippen molar-refractivity contribution in [2.24, 2.45) is 0 Å². The molecular formula is C39H40ClN3O14. The first kappa shape index (κ1) is 41.5. The lowest BCUT2D eigenvalue weighted by Gasteiger charge is -2.53. The molecule has 1 aromatic heterocycles. The van der Waals surface area contributed by atoms with Gasteiger partial charge in [0.05, 0.1) is 34.6 Å². The van der Waals surface area contributed by atoms with Gasteiger partial charge in [-0.25, -0.2) is 0 Å². The summed E-state index contributed by atoms with van der Waals surface area (Å²) in [5.74, 6) is -7.40. The van der Waals surface area contributed by atoms with Gasteiger partial charge >= 0.3 is 0 Å². The standard InChI is InChI=1S/C39H39N3O14.ClH/c1-15-9-18-10-23(44)39(55-5)35(50)26-20(34(49)38(39,52)27(18)30(47)24(15)36(51)41-14-17-7-6-8-40-13-17)11-19-25(29(26)46)22(43)12-21(28(19)45)42-37-33(54-4)31(48)32(53-3)16(2)56-37;/h6-9,11-13,16,23,31-33,37,42,44,46-48,52H,10,14H2,1-5H3,(H,41,51);1H/t16-,23+,31+,32-,33+,37?,38-,39+;/m0./s1. The highest BCUT2D eigenvalue weighted by Crippen LogP contribution is 2.56. The van der Waals surface area contributed by atoms with Crippen LogP contribution in [0.3, 0.4) is 0 Å². The summed E-state index contributed by atoms with van der Waals surface area (Å²) < 4.78 is 22.2. The summed E-state index contributed by atoms with van der Waals surface area (Å²) in [6, 6.07) is 5.61. The van der Waals surface area contributed by atoms with Gasteiger partial charge in [0.1, 0.15) is 29.8 Å². The quantitative estimate of drug-likeness (QED) is 0.165. The van der Waals surface area contributed by atoms with Gasteiger partial charge in [0.25, 0.3) is 5.91 Å². The van der Waals surface area contributed by atoms with Crippen molar-refractivity contribution in [1.29, 1.82) is 0 Å². The van der Waals surface area contributed by atoms with Gasteiger partial charge in [-0.15, -0.1) is 12.4 Å². The molecule has 0 saturated carbocycles. The lowest BCUT2D eigenvalue weighted by Crippen LogP contribution is -2.73. The molecule has 7 rings (SSSR count). The molecule has 302 valence electrons. The second kappa shape index (κ2) is 15.0. The predicted molar refractivity (Wildman–Crippen MR) is 197 cm³/mol. The van der Waals surface area contributed by atoms with Gasteiger partial charge in [0.2, 0.25) is 17.3 Å². The van der Waals surface area contributed by atoms with Crippen molar-refractivity contribution < 1.29 is 68.5 Å². The van der Waals surface area contributed by atoms with Crippen LogP contribution >= 0.6 is 12.4 Å². The number of aliphatic hydroxyl groups excluding tert-OH is 2. The summed E-state index contributed by atoms with van der Waals surface area (Å²) in [7, 11) is 3.60. The molecule has 57 heavy (non-hydrogen) atoms. The Morgan fingerprint density at radius 2 is 1.70 bits per heavy atom. The van der Waals surface area contributed by atoms with Gasteiger partial charge in [0.15, 0.2) is 23.2 Å². The second-order valence-corrected chi connectivity index (χ2v) is 14.1. The number of nitrogens with one attached hydrogen (secondary N) is 2. The highest BCUT2D eigenvalue weighted by atomic mass is 35.5. The molecule has 17 nitrogen and oxygen atoms in total. The van der Waals surface area contributed by atoms with Gasteiger partial charge < -0.3 is 55.1 Å². The zero-order valence-electron chi connectivity index (χ0n) is 31.2. The minimum absolute atomic E-state index is 0. The Hall–Kier alpha value is -5.11. The summed E-state index contributed by atoms with van der Waals surface area (Å²) >= 11 is 0. The number of phenolic OH excluding ortho intramolecular Hbond substituents is 2. The van der Waals surface area contributed by atoms with E-state index in [0.717, 1.165) is 19.3 Å². The summed E-state index contributed by atoms with van der Waals surface area (Å²) in [5, 5.41) is 63.9. The number of fused-ring (bicyclic) bond motifs is 5. The SMILES string of the molecule is CO[C@@H]1[C@@H](O)[C@@H](OC)C(NC2=CC(=O)c3c(cc4c(c3O)C(=O)[C@]3(OC)[C@H](O)Cc5cc(C)c(C(=O)NCc6cccnc6)c(O)c5[C@]3(O)C4=O)C2=O)O[C@H]1C.Cl. The summed E-state index contributed by atoms with van der Waals surface area (Å²) in [6.45, 7) is 3.10. The average Bonchev–Trinajstić information content (AvgIpc) is 3.15. The van der Waals surface area contributed by atoms with Crippen molar-refractivity contribution in [1.82, 2.24) is 15.6 Å². The lowest BCUT2D eigenvalue weighted by molar-refractivity contribution is -0.236. The number of aliphatic hydroxyl groups is 3. The number of carbonyl (C=O) groups excluding carboxylic acids is 5. The van der Waals surface area contributed by atoms with Crippen molar-refractivity contribution in [3.63, 3.8) is 0 Å². The summed E-state index contributed by atoms with van der Waals surface area (Å²) in [6.07, 6.45) is -3.53. The minimum atomic E-state index is -3.25. The van der Waals surface area contributed by atoms with Crippen LogP contribution in [-0.4, -0.2) is 123 Å². The van der Waals surface area contributed by atoms with Crippen LogP contribution < -0.4 is 10.6 Å². The van der Waals surface area contributed by atoms with E-state index in [0.29, 0.717) is 5.56 Å². The maximum Gasteiger partial charge on any atom is 0.255 e. The van der Waals surface area contributed by atoms with Gasteiger partial charge in [0, 0.05) is 69.5 Å². The van der Waals surface area contributed by atoms with E-state index in [1.165, 1.54) is 33.4 Å². The number of methoxy groups -OCH3 is 3. The van der Waals surface area contributed by atoms with Crippen molar-refractivity contribution in [2.45, 2.75) is 74.8 Å². The van der Waals surface area contributed by atoms with Crippen LogP contribution in [0, 0.1) is 6.92 Å². The number of hydrogen-bond donors (Lipinski definition) is 7. The second-order valence-electron chi connectivity index (χ2n) is 14.1. The molecule has 2 aromatic carbocycles. The highest BCUT2D eigenvalue weighted by molar-refractivity contribution is 6.31. The maximum atomic E-state index is 14.8. The molecule has 3 aromatic rings. The Morgan fingerprint density at radius 1 is 1.00 bits per heavy atom. The van der Waals surface area contributed by atoms with Crippen molar-refractivity contribution in [3.05, 3.63) is 98.5 Å². The lowest BCUT2D eigenvalue weighted by atomic mass is 9.56. The molecule has 4 aliphatic rings. The number of nitrogens with zero attached hydrogens (tertiary/aromatic N) is 1. The van der Waals surface area contributed by atoms with Gasteiger partial charge in [-0.1, -0.05) is 12.1 Å². The molecule has 1 amide bonds. The third-order valence-electron chi connectivity index (χ3n) is 11.2. The number of ketones is 4. The highest BCUT2D eigenvalue weighted by Gasteiger charge is 2.72. The molecule has 18 heteroatoms. The van der Waals surface area contributed by atoms with Crippen LogP contribution in [0.15, 0.2) is 48.4 Å². The van der Waals surface area contributed by atoms with E-state index in [1.54, 1.807) is 25.3 Å². The molecule has 1 saturated heterocycles. The molecule has 7 N–H and O–H groups in total. The number of amides is 1. The van der Waals surface area contributed by atoms with Gasteiger partial charge in [-0.2, -0.15) is 0 Å². The van der Waals surface area contributed by atoms with E-state index >= 15 is 0 Å². The first-order valence-corrected chi connectivity index (χ1v) is 17.5. The number of aromatic hydroxyl groups is 2. The van der Waals surface area contributed by atoms with E-state index < -0.39 is 123 Å². The molecule has 8 atom stereocenters. The van der Waals surface area contributed by atoms with Crippen molar-refractivity contribution in [3.8, 4) is 11.5 Å². The number of aryl methyl sites for hydroxylation is 1. The average molecular weight is 810 g/mol. The Morgan fingerprint density at radius 3 is 2.33 bits per heavy atom. The molecule has 2 heterocycles. The molecular weight excluding hydrogens is 770 g/mol. The Balaban J connectivity index is 0.00000549. The molecule has 0 bridgehead atoms. The minimum Gasteiger partial charge on any atom is -0.507 e. The van der Waals surface area contributed by atoms with Gasteiger partial charge in [-0.3, -0.25) is 29.0 Å². The number of halogens is 1. The van der Waals surface area contributed by atoms with Crippen LogP contribution in [0.25, 0.3) is 0 Å². The molecule has 1 unspecified atom stereocenters. The number of hydrogen-bond acceptors (Lipinski definition) is 16. The van der Waals surface area contributed by atoms with Crippen LogP contribution in [0.5, 0.6) is 11.5 Å². The Bertz CT molecular complexity index is 2250. The van der Waals surface area contributed by atoms with E-state index in [2.05, 4.69) is 15.6 Å². The number of ether oxygens (including phenoxy) is 4.